The van der Waals surface area contributed by atoms with Crippen LogP contribution in [0, 0.1) is 17.8 Å². The molecule has 1 aromatic heterocycles. The largest absolute Gasteiger partial charge is 0.316 e. The van der Waals surface area contributed by atoms with E-state index in [2.05, 4.69) is 16.6 Å². The first-order chi connectivity index (χ1) is 8.31. The molecule has 0 radical (unpaired) electrons. The van der Waals surface area contributed by atoms with Crippen molar-refractivity contribution in [2.45, 2.75) is 32.1 Å². The molecule has 3 nitrogen and oxygen atoms in total. The maximum absolute atomic E-state index is 4.19. The van der Waals surface area contributed by atoms with Crippen LogP contribution in [0.2, 0.25) is 0 Å². The SMILES string of the molecule is Cn1cc(CCNCC2CC3CCC2C3)cn1. The van der Waals surface area contributed by atoms with Gasteiger partial charge in [0.15, 0.2) is 0 Å². The summed E-state index contributed by atoms with van der Waals surface area (Å²) in [5, 5.41) is 7.83. The van der Waals surface area contributed by atoms with Gasteiger partial charge in [0, 0.05) is 13.2 Å². The van der Waals surface area contributed by atoms with Crippen LogP contribution >= 0.6 is 0 Å². The third-order valence-corrected chi connectivity index (χ3v) is 4.64. The lowest BCUT2D eigenvalue weighted by Crippen LogP contribution is -2.28. The van der Waals surface area contributed by atoms with E-state index >= 15 is 0 Å². The molecule has 2 fully saturated rings. The Kier molecular flexibility index (Phi) is 3.19. The molecule has 3 heteroatoms. The van der Waals surface area contributed by atoms with Gasteiger partial charge in [-0.25, -0.2) is 0 Å². The molecule has 0 aromatic carbocycles. The van der Waals surface area contributed by atoms with Crippen molar-refractivity contribution in [3.05, 3.63) is 18.0 Å². The van der Waals surface area contributed by atoms with Crippen molar-refractivity contribution < 1.29 is 0 Å². The van der Waals surface area contributed by atoms with Gasteiger partial charge in [-0.2, -0.15) is 5.10 Å². The number of aryl methyl sites for hydroxylation is 1. The molecule has 1 N–H and O–H groups in total. The van der Waals surface area contributed by atoms with Crippen molar-refractivity contribution >= 4 is 0 Å². The fourth-order valence-electron chi connectivity index (χ4n) is 3.75. The average Bonchev–Trinajstić information content (AvgIpc) is 3.00. The van der Waals surface area contributed by atoms with Crippen molar-refractivity contribution in [3.63, 3.8) is 0 Å². The van der Waals surface area contributed by atoms with Gasteiger partial charge in [0.25, 0.3) is 0 Å². The maximum atomic E-state index is 4.19. The van der Waals surface area contributed by atoms with Crippen LogP contribution in [0.25, 0.3) is 0 Å². The van der Waals surface area contributed by atoms with Crippen LogP contribution in [0.5, 0.6) is 0 Å². The first-order valence-electron chi connectivity index (χ1n) is 6.99. The lowest BCUT2D eigenvalue weighted by atomic mass is 9.89. The van der Waals surface area contributed by atoms with Gasteiger partial charge in [0.05, 0.1) is 6.20 Å². The van der Waals surface area contributed by atoms with E-state index in [1.54, 1.807) is 0 Å². The third kappa shape index (κ3) is 2.54. The smallest absolute Gasteiger partial charge is 0.0522 e. The summed E-state index contributed by atoms with van der Waals surface area (Å²) >= 11 is 0. The number of aromatic nitrogens is 2. The molecule has 3 atom stereocenters. The maximum Gasteiger partial charge on any atom is 0.0522 e. The fraction of sp³-hybridized carbons (Fsp3) is 0.786. The summed E-state index contributed by atoms with van der Waals surface area (Å²) in [6.07, 6.45) is 11.2. The van der Waals surface area contributed by atoms with Gasteiger partial charge in [0.1, 0.15) is 0 Å². The Balaban J connectivity index is 1.36. The van der Waals surface area contributed by atoms with Crippen molar-refractivity contribution in [1.29, 1.82) is 0 Å². The second kappa shape index (κ2) is 4.81. The lowest BCUT2D eigenvalue weighted by molar-refractivity contribution is 0.320. The molecule has 1 aromatic rings. The number of rotatable bonds is 5. The molecule has 2 saturated carbocycles. The molecular weight excluding hydrogens is 210 g/mol. The van der Waals surface area contributed by atoms with E-state index in [9.17, 15) is 0 Å². The van der Waals surface area contributed by atoms with E-state index in [0.29, 0.717) is 0 Å². The quantitative estimate of drug-likeness (QED) is 0.788. The normalized spacial score (nSPS) is 31.2. The molecule has 0 saturated heterocycles. The number of nitrogens with one attached hydrogen (secondary N) is 1. The molecule has 3 rings (SSSR count). The van der Waals surface area contributed by atoms with Crippen LogP contribution < -0.4 is 5.32 Å². The Morgan fingerprint density at radius 3 is 3.00 bits per heavy atom. The topological polar surface area (TPSA) is 29.9 Å². The Morgan fingerprint density at radius 1 is 1.41 bits per heavy atom. The lowest BCUT2D eigenvalue weighted by Gasteiger charge is -2.21. The van der Waals surface area contributed by atoms with Crippen molar-refractivity contribution in [2.24, 2.45) is 24.8 Å². The second-order valence-electron chi connectivity index (χ2n) is 5.91. The third-order valence-electron chi connectivity index (χ3n) is 4.64. The highest BCUT2D eigenvalue weighted by Gasteiger charge is 2.38. The van der Waals surface area contributed by atoms with Crippen LogP contribution in [-0.2, 0) is 13.5 Å². The molecular formula is C14H23N3. The fourth-order valence-corrected chi connectivity index (χ4v) is 3.75. The van der Waals surface area contributed by atoms with Gasteiger partial charge in [-0.1, -0.05) is 6.42 Å². The molecule has 0 aliphatic heterocycles. The van der Waals surface area contributed by atoms with Gasteiger partial charge in [-0.05, 0) is 62.1 Å². The van der Waals surface area contributed by atoms with Gasteiger partial charge >= 0.3 is 0 Å². The van der Waals surface area contributed by atoms with Crippen LogP contribution in [0.4, 0.5) is 0 Å². The highest BCUT2D eigenvalue weighted by atomic mass is 15.2. The zero-order valence-electron chi connectivity index (χ0n) is 10.7. The Bertz CT molecular complexity index is 371. The van der Waals surface area contributed by atoms with Gasteiger partial charge in [-0.3, -0.25) is 4.68 Å². The van der Waals surface area contributed by atoms with Crippen LogP contribution in [0.3, 0.4) is 0 Å². The zero-order chi connectivity index (χ0) is 11.7. The molecule has 2 aliphatic rings. The van der Waals surface area contributed by atoms with Crippen molar-refractivity contribution in [3.8, 4) is 0 Å². The van der Waals surface area contributed by atoms with E-state index in [0.717, 1.165) is 30.7 Å². The Hall–Kier alpha value is -0.830. The van der Waals surface area contributed by atoms with E-state index in [4.69, 9.17) is 0 Å². The highest BCUT2D eigenvalue weighted by molar-refractivity contribution is 5.03. The average molecular weight is 233 g/mol. The summed E-state index contributed by atoms with van der Waals surface area (Å²) in [6.45, 7) is 2.33. The van der Waals surface area contributed by atoms with Crippen LogP contribution in [0.15, 0.2) is 12.4 Å². The van der Waals surface area contributed by atoms with Crippen LogP contribution in [0.1, 0.15) is 31.2 Å². The summed E-state index contributed by atoms with van der Waals surface area (Å²) in [7, 11) is 1.98. The van der Waals surface area contributed by atoms with Gasteiger partial charge in [-0.15, -0.1) is 0 Å². The van der Waals surface area contributed by atoms with E-state index in [1.165, 1.54) is 37.8 Å². The van der Waals surface area contributed by atoms with E-state index in [1.807, 2.05) is 17.9 Å². The Morgan fingerprint density at radius 2 is 2.35 bits per heavy atom. The summed E-state index contributed by atoms with van der Waals surface area (Å²) in [4.78, 5) is 0. The molecule has 1 heterocycles. The monoisotopic (exact) mass is 233 g/mol. The van der Waals surface area contributed by atoms with Crippen molar-refractivity contribution in [1.82, 2.24) is 15.1 Å². The van der Waals surface area contributed by atoms with Gasteiger partial charge < -0.3 is 5.32 Å². The van der Waals surface area contributed by atoms with E-state index < -0.39 is 0 Å². The zero-order valence-corrected chi connectivity index (χ0v) is 10.7. The van der Waals surface area contributed by atoms with Gasteiger partial charge in [0.2, 0.25) is 0 Å². The minimum absolute atomic E-state index is 0.975. The summed E-state index contributed by atoms with van der Waals surface area (Å²) in [5.74, 6) is 3.10. The highest BCUT2D eigenvalue weighted by Crippen LogP contribution is 2.47. The number of hydrogen-bond acceptors (Lipinski definition) is 2. The van der Waals surface area contributed by atoms with Crippen molar-refractivity contribution in [2.75, 3.05) is 13.1 Å². The summed E-state index contributed by atoms with van der Waals surface area (Å²) < 4.78 is 1.88. The summed E-state index contributed by atoms with van der Waals surface area (Å²) in [5.41, 5.74) is 1.34. The first kappa shape index (κ1) is 11.3. The number of fused-ring (bicyclic) bond motifs is 2. The molecule has 2 aliphatic carbocycles. The minimum atomic E-state index is 0.975. The first-order valence-corrected chi connectivity index (χ1v) is 6.99. The Labute approximate surface area is 104 Å². The molecule has 94 valence electrons. The minimum Gasteiger partial charge on any atom is -0.316 e. The molecule has 0 amide bonds. The molecule has 0 spiro atoms. The summed E-state index contributed by atoms with van der Waals surface area (Å²) in [6, 6.07) is 0. The predicted molar refractivity (Wildman–Crippen MR) is 68.7 cm³/mol. The second-order valence-corrected chi connectivity index (χ2v) is 5.91. The number of nitrogens with zero attached hydrogens (tertiary/aromatic N) is 2. The van der Waals surface area contributed by atoms with E-state index in [-0.39, 0.29) is 0 Å². The predicted octanol–water partition coefficient (Wildman–Crippen LogP) is 1.99. The standard InChI is InChI=1S/C14H23N3/c1-17-10-12(8-16-17)4-5-15-9-14-7-11-2-3-13(14)6-11/h8,10-11,13-15H,2-7,9H2,1H3. The number of hydrogen-bond donors (Lipinski definition) is 1. The van der Waals surface area contributed by atoms with Crippen LogP contribution in [-0.4, -0.2) is 22.9 Å². The molecule has 17 heavy (non-hydrogen) atoms. The molecule has 3 unspecified atom stereocenters. The molecule has 2 bridgehead atoms.